The Labute approximate surface area is 129 Å². The molecule has 1 N–H and O–H groups in total. The van der Waals surface area contributed by atoms with Crippen LogP contribution in [0.1, 0.15) is 19.8 Å². The molecule has 116 valence electrons. The number of para-hydroxylation sites is 1. The van der Waals surface area contributed by atoms with Gasteiger partial charge in [0.15, 0.2) is 0 Å². The fraction of sp³-hybridized carbons (Fsp3) is 0.438. The first kappa shape index (κ1) is 14.6. The van der Waals surface area contributed by atoms with Crippen LogP contribution in [0.5, 0.6) is 0 Å². The summed E-state index contributed by atoms with van der Waals surface area (Å²) in [6, 6.07) is 10.3. The molecule has 1 fully saturated rings. The van der Waals surface area contributed by atoms with Crippen molar-refractivity contribution in [2.24, 2.45) is 5.10 Å². The van der Waals surface area contributed by atoms with Gasteiger partial charge in [-0.1, -0.05) is 18.2 Å². The van der Waals surface area contributed by atoms with Gasteiger partial charge in [0.2, 0.25) is 5.91 Å². The van der Waals surface area contributed by atoms with E-state index in [1.165, 1.54) is 5.69 Å². The molecule has 0 radical (unpaired) electrons. The topological polar surface area (TPSA) is 65.0 Å². The molecule has 2 heterocycles. The Kier molecular flexibility index (Phi) is 4.09. The third-order valence-corrected chi connectivity index (χ3v) is 4.16. The average molecular weight is 300 g/mol. The Morgan fingerprint density at radius 1 is 1.23 bits per heavy atom. The van der Waals surface area contributed by atoms with Gasteiger partial charge in [0.05, 0.1) is 0 Å². The fourth-order valence-electron chi connectivity index (χ4n) is 2.93. The second kappa shape index (κ2) is 6.17. The maximum Gasteiger partial charge on any atom is 0.270 e. The minimum absolute atomic E-state index is 0.0554. The van der Waals surface area contributed by atoms with Crippen LogP contribution in [-0.2, 0) is 9.59 Å². The number of hydrogen-bond donors (Lipinski definition) is 1. The highest BCUT2D eigenvalue weighted by atomic mass is 16.2. The lowest BCUT2D eigenvalue weighted by Crippen LogP contribution is -2.56. The largest absolute Gasteiger partial charge is 0.368 e. The molecule has 0 bridgehead atoms. The van der Waals surface area contributed by atoms with Crippen molar-refractivity contribution in [1.82, 2.24) is 10.3 Å². The van der Waals surface area contributed by atoms with Gasteiger partial charge < -0.3 is 9.80 Å². The third-order valence-electron chi connectivity index (χ3n) is 4.16. The molecule has 6 nitrogen and oxygen atoms in total. The van der Waals surface area contributed by atoms with Crippen molar-refractivity contribution in [3.63, 3.8) is 0 Å². The van der Waals surface area contributed by atoms with Crippen molar-refractivity contribution in [3.05, 3.63) is 30.3 Å². The van der Waals surface area contributed by atoms with Crippen molar-refractivity contribution >= 4 is 23.2 Å². The number of anilines is 1. The van der Waals surface area contributed by atoms with Gasteiger partial charge in [-0.2, -0.15) is 5.10 Å². The SMILES string of the molecule is CC1CN(c2ccccc2)CCN1C(=O)C1=NNC(=O)CC1. The van der Waals surface area contributed by atoms with Crippen molar-refractivity contribution in [2.45, 2.75) is 25.8 Å². The Balaban J connectivity index is 1.66. The van der Waals surface area contributed by atoms with Gasteiger partial charge in [0.25, 0.3) is 5.91 Å². The van der Waals surface area contributed by atoms with E-state index in [0.717, 1.165) is 13.1 Å². The highest BCUT2D eigenvalue weighted by molar-refractivity contribution is 6.39. The quantitative estimate of drug-likeness (QED) is 0.886. The van der Waals surface area contributed by atoms with Crippen molar-refractivity contribution in [3.8, 4) is 0 Å². The molecule has 3 rings (SSSR count). The number of hydrazone groups is 1. The highest BCUT2D eigenvalue weighted by Crippen LogP contribution is 2.19. The van der Waals surface area contributed by atoms with Crippen LogP contribution < -0.4 is 10.3 Å². The molecule has 22 heavy (non-hydrogen) atoms. The van der Waals surface area contributed by atoms with Crippen molar-refractivity contribution in [2.75, 3.05) is 24.5 Å². The van der Waals surface area contributed by atoms with Crippen LogP contribution in [0.3, 0.4) is 0 Å². The molecular weight excluding hydrogens is 280 g/mol. The molecule has 0 aromatic heterocycles. The Bertz CT molecular complexity index is 599. The van der Waals surface area contributed by atoms with Crippen LogP contribution >= 0.6 is 0 Å². The first-order valence-electron chi connectivity index (χ1n) is 7.61. The van der Waals surface area contributed by atoms with E-state index < -0.39 is 0 Å². The lowest BCUT2D eigenvalue weighted by atomic mass is 10.1. The van der Waals surface area contributed by atoms with Crippen LogP contribution in [0.15, 0.2) is 35.4 Å². The van der Waals surface area contributed by atoms with Gasteiger partial charge in [-0.05, 0) is 19.1 Å². The summed E-state index contributed by atoms with van der Waals surface area (Å²) >= 11 is 0. The minimum Gasteiger partial charge on any atom is -0.368 e. The second-order valence-corrected chi connectivity index (χ2v) is 5.72. The van der Waals surface area contributed by atoms with Crippen LogP contribution in [0.2, 0.25) is 0 Å². The number of benzene rings is 1. The summed E-state index contributed by atoms with van der Waals surface area (Å²) in [5.41, 5.74) is 4.03. The van der Waals surface area contributed by atoms with Gasteiger partial charge in [-0.15, -0.1) is 0 Å². The Morgan fingerprint density at radius 2 is 2.00 bits per heavy atom. The van der Waals surface area contributed by atoms with E-state index in [1.54, 1.807) is 0 Å². The predicted molar refractivity (Wildman–Crippen MR) is 84.6 cm³/mol. The number of rotatable bonds is 2. The number of nitrogens with zero attached hydrogens (tertiary/aromatic N) is 3. The van der Waals surface area contributed by atoms with Crippen LogP contribution in [0.25, 0.3) is 0 Å². The van der Waals surface area contributed by atoms with Crippen LogP contribution in [0.4, 0.5) is 5.69 Å². The third kappa shape index (κ3) is 2.95. The molecule has 0 saturated carbocycles. The summed E-state index contributed by atoms with van der Waals surface area (Å²) in [4.78, 5) is 27.8. The number of hydrogen-bond acceptors (Lipinski definition) is 4. The van der Waals surface area contributed by atoms with Crippen LogP contribution in [0, 0.1) is 0 Å². The van der Waals surface area contributed by atoms with Gasteiger partial charge in [-0.3, -0.25) is 9.59 Å². The summed E-state index contributed by atoms with van der Waals surface area (Å²) in [6.07, 6.45) is 0.763. The van der Waals surface area contributed by atoms with Gasteiger partial charge in [0, 0.05) is 44.2 Å². The summed E-state index contributed by atoms with van der Waals surface area (Å²) in [6.45, 7) is 4.33. The maximum absolute atomic E-state index is 12.5. The summed E-state index contributed by atoms with van der Waals surface area (Å²) < 4.78 is 0. The summed E-state index contributed by atoms with van der Waals surface area (Å²) in [5.74, 6) is -0.182. The number of piperazine rings is 1. The van der Waals surface area contributed by atoms with Gasteiger partial charge in [0.1, 0.15) is 5.71 Å². The zero-order valence-corrected chi connectivity index (χ0v) is 12.7. The number of amides is 2. The molecule has 1 saturated heterocycles. The van der Waals surface area contributed by atoms with E-state index in [0.29, 0.717) is 25.1 Å². The lowest BCUT2D eigenvalue weighted by Gasteiger charge is -2.41. The number of carbonyl (C=O) groups is 2. The predicted octanol–water partition coefficient (Wildman–Crippen LogP) is 0.990. The Morgan fingerprint density at radius 3 is 2.64 bits per heavy atom. The molecule has 2 amide bonds. The van der Waals surface area contributed by atoms with Crippen molar-refractivity contribution in [1.29, 1.82) is 0 Å². The normalized spacial score (nSPS) is 22.1. The molecule has 1 aromatic carbocycles. The maximum atomic E-state index is 12.5. The fourth-order valence-corrected chi connectivity index (χ4v) is 2.93. The lowest BCUT2D eigenvalue weighted by molar-refractivity contribution is -0.126. The van der Waals surface area contributed by atoms with E-state index in [1.807, 2.05) is 23.1 Å². The van der Waals surface area contributed by atoms with Crippen molar-refractivity contribution < 1.29 is 9.59 Å². The first-order chi connectivity index (χ1) is 10.6. The standard InChI is InChI=1S/C16H20N4O2/c1-12-11-19(13-5-3-2-4-6-13)9-10-20(12)16(22)14-7-8-15(21)18-17-14/h2-6,12H,7-11H2,1H3,(H,18,21). The van der Waals surface area contributed by atoms with Gasteiger partial charge >= 0.3 is 0 Å². The number of nitrogens with one attached hydrogen (secondary N) is 1. The molecule has 0 aliphatic carbocycles. The molecule has 1 atom stereocenters. The van der Waals surface area contributed by atoms with Crippen LogP contribution in [-0.4, -0.2) is 48.1 Å². The molecule has 0 spiro atoms. The number of carbonyl (C=O) groups excluding carboxylic acids is 2. The molecular formula is C16H20N4O2. The molecule has 2 aliphatic heterocycles. The smallest absolute Gasteiger partial charge is 0.270 e. The molecule has 6 heteroatoms. The highest BCUT2D eigenvalue weighted by Gasteiger charge is 2.31. The average Bonchev–Trinajstić information content (AvgIpc) is 2.56. The molecule has 1 aromatic rings. The molecule has 2 aliphatic rings. The first-order valence-corrected chi connectivity index (χ1v) is 7.61. The zero-order valence-electron chi connectivity index (χ0n) is 12.7. The minimum atomic E-state index is -0.126. The van der Waals surface area contributed by atoms with E-state index in [4.69, 9.17) is 0 Å². The van der Waals surface area contributed by atoms with E-state index in [9.17, 15) is 9.59 Å². The van der Waals surface area contributed by atoms with E-state index in [-0.39, 0.29) is 17.9 Å². The van der Waals surface area contributed by atoms with E-state index >= 15 is 0 Å². The second-order valence-electron chi connectivity index (χ2n) is 5.72. The zero-order chi connectivity index (χ0) is 15.5. The Hall–Kier alpha value is -2.37. The molecule has 1 unspecified atom stereocenters. The van der Waals surface area contributed by atoms with Gasteiger partial charge in [-0.25, -0.2) is 5.43 Å². The van der Waals surface area contributed by atoms with E-state index in [2.05, 4.69) is 34.5 Å². The summed E-state index contributed by atoms with van der Waals surface area (Å²) in [7, 11) is 0. The summed E-state index contributed by atoms with van der Waals surface area (Å²) in [5, 5.41) is 3.91. The monoisotopic (exact) mass is 300 g/mol.